The van der Waals surface area contributed by atoms with Crippen LogP contribution < -0.4 is 0 Å². The van der Waals surface area contributed by atoms with Crippen molar-refractivity contribution in [1.29, 1.82) is 0 Å². The van der Waals surface area contributed by atoms with Crippen LogP contribution in [0.5, 0.6) is 0 Å². The van der Waals surface area contributed by atoms with E-state index in [2.05, 4.69) is 54.5 Å². The molecule has 0 saturated heterocycles. The number of fused-ring (bicyclic) bond motifs is 1. The van der Waals surface area contributed by atoms with Gasteiger partial charge in [-0.2, -0.15) is 5.10 Å². The molecule has 1 aromatic heterocycles. The van der Waals surface area contributed by atoms with Crippen LogP contribution in [0, 0.1) is 6.92 Å². The minimum Gasteiger partial charge on any atom is -0.260 e. The van der Waals surface area contributed by atoms with Crippen LogP contribution in [-0.4, -0.2) is 9.78 Å². The standard InChI is InChI=1S/C15H14N2/c1-12-6-8-13(9-7-12)11-17-15-5-3-2-4-14(15)10-16-17/h2-10H,11H2,1H3. The minimum absolute atomic E-state index is 0.827. The molecule has 0 saturated carbocycles. The largest absolute Gasteiger partial charge is 0.260 e. The van der Waals surface area contributed by atoms with E-state index >= 15 is 0 Å². The van der Waals surface area contributed by atoms with E-state index in [1.54, 1.807) is 0 Å². The molecule has 2 nitrogen and oxygen atoms in total. The molecule has 0 aliphatic heterocycles. The van der Waals surface area contributed by atoms with Crippen LogP contribution in [0.3, 0.4) is 0 Å². The van der Waals surface area contributed by atoms with Gasteiger partial charge in [0.15, 0.2) is 0 Å². The Hall–Kier alpha value is -2.09. The van der Waals surface area contributed by atoms with Crippen LogP contribution in [0.4, 0.5) is 0 Å². The van der Waals surface area contributed by atoms with Gasteiger partial charge in [0.1, 0.15) is 0 Å². The number of rotatable bonds is 2. The Bertz CT molecular complexity index is 635. The number of hydrogen-bond donors (Lipinski definition) is 0. The zero-order valence-electron chi connectivity index (χ0n) is 9.80. The van der Waals surface area contributed by atoms with Crippen LogP contribution in [-0.2, 0) is 6.54 Å². The molecule has 0 spiro atoms. The Morgan fingerprint density at radius 3 is 2.59 bits per heavy atom. The average Bonchev–Trinajstić information content (AvgIpc) is 2.76. The number of benzene rings is 2. The van der Waals surface area contributed by atoms with Gasteiger partial charge < -0.3 is 0 Å². The fraction of sp³-hybridized carbons (Fsp3) is 0.133. The number of hydrogen-bond acceptors (Lipinski definition) is 1. The SMILES string of the molecule is Cc1ccc(Cn2ncc3ccccc32)cc1. The van der Waals surface area contributed by atoms with Crippen molar-refractivity contribution in [3.8, 4) is 0 Å². The van der Waals surface area contributed by atoms with E-state index in [0.717, 1.165) is 6.54 Å². The molecule has 0 amide bonds. The van der Waals surface area contributed by atoms with Crippen LogP contribution in [0.25, 0.3) is 10.9 Å². The van der Waals surface area contributed by atoms with Gasteiger partial charge in [0.05, 0.1) is 18.3 Å². The first-order valence-corrected chi connectivity index (χ1v) is 5.79. The third-order valence-electron chi connectivity index (χ3n) is 3.00. The van der Waals surface area contributed by atoms with E-state index < -0.39 is 0 Å². The molecule has 0 radical (unpaired) electrons. The summed E-state index contributed by atoms with van der Waals surface area (Å²) in [5.74, 6) is 0. The minimum atomic E-state index is 0.827. The van der Waals surface area contributed by atoms with Crippen molar-refractivity contribution in [3.63, 3.8) is 0 Å². The van der Waals surface area contributed by atoms with Gasteiger partial charge in [-0.3, -0.25) is 4.68 Å². The monoisotopic (exact) mass is 222 g/mol. The summed E-state index contributed by atoms with van der Waals surface area (Å²) in [6, 6.07) is 16.9. The molecule has 0 atom stereocenters. The molecule has 0 bridgehead atoms. The van der Waals surface area contributed by atoms with Gasteiger partial charge in [-0.25, -0.2) is 0 Å². The molecule has 0 unspecified atom stereocenters. The van der Waals surface area contributed by atoms with Gasteiger partial charge >= 0.3 is 0 Å². The zero-order valence-corrected chi connectivity index (χ0v) is 9.80. The van der Waals surface area contributed by atoms with Crippen molar-refractivity contribution in [2.24, 2.45) is 0 Å². The van der Waals surface area contributed by atoms with E-state index in [0.29, 0.717) is 0 Å². The quantitative estimate of drug-likeness (QED) is 0.650. The number of nitrogens with zero attached hydrogens (tertiary/aromatic N) is 2. The number of aryl methyl sites for hydroxylation is 1. The summed E-state index contributed by atoms with van der Waals surface area (Å²) in [6.45, 7) is 2.93. The van der Waals surface area contributed by atoms with Gasteiger partial charge in [0.25, 0.3) is 0 Å². The van der Waals surface area contributed by atoms with Gasteiger partial charge in [0.2, 0.25) is 0 Å². The van der Waals surface area contributed by atoms with Gasteiger partial charge in [0, 0.05) is 5.39 Å². The zero-order chi connectivity index (χ0) is 11.7. The number of para-hydroxylation sites is 1. The van der Waals surface area contributed by atoms with E-state index in [4.69, 9.17) is 0 Å². The first-order valence-electron chi connectivity index (χ1n) is 5.79. The Labute approximate surface area is 101 Å². The normalized spacial score (nSPS) is 10.9. The third kappa shape index (κ3) is 1.94. The Kier molecular flexibility index (Phi) is 2.41. The van der Waals surface area contributed by atoms with Gasteiger partial charge in [-0.15, -0.1) is 0 Å². The molecule has 0 N–H and O–H groups in total. The molecule has 17 heavy (non-hydrogen) atoms. The maximum absolute atomic E-state index is 4.43. The lowest BCUT2D eigenvalue weighted by atomic mass is 10.1. The first-order chi connectivity index (χ1) is 8.33. The maximum atomic E-state index is 4.43. The predicted octanol–water partition coefficient (Wildman–Crippen LogP) is 3.39. The molecular formula is C15H14N2. The van der Waals surface area contributed by atoms with Crippen LogP contribution in [0.15, 0.2) is 54.7 Å². The molecule has 3 rings (SSSR count). The highest BCUT2D eigenvalue weighted by atomic mass is 15.3. The highest BCUT2D eigenvalue weighted by Gasteiger charge is 2.01. The van der Waals surface area contributed by atoms with Gasteiger partial charge in [-0.1, -0.05) is 48.0 Å². The third-order valence-corrected chi connectivity index (χ3v) is 3.00. The fourth-order valence-electron chi connectivity index (χ4n) is 2.02. The summed E-state index contributed by atoms with van der Waals surface area (Å²) in [5, 5.41) is 5.62. The lowest BCUT2D eigenvalue weighted by Crippen LogP contribution is -2.00. The molecule has 0 aliphatic carbocycles. The van der Waals surface area contributed by atoms with E-state index in [1.807, 2.05) is 16.9 Å². The van der Waals surface area contributed by atoms with E-state index in [1.165, 1.54) is 22.0 Å². The summed E-state index contributed by atoms with van der Waals surface area (Å²) in [6.07, 6.45) is 1.92. The first kappa shape index (κ1) is 10.1. The average molecular weight is 222 g/mol. The van der Waals surface area contributed by atoms with Crippen molar-refractivity contribution in [2.45, 2.75) is 13.5 Å². The van der Waals surface area contributed by atoms with E-state index in [9.17, 15) is 0 Å². The fourth-order valence-corrected chi connectivity index (χ4v) is 2.02. The summed E-state index contributed by atoms with van der Waals surface area (Å²) in [7, 11) is 0. The Balaban J connectivity index is 1.97. The summed E-state index contributed by atoms with van der Waals surface area (Å²) in [5.41, 5.74) is 3.76. The van der Waals surface area contributed by atoms with Gasteiger partial charge in [-0.05, 0) is 18.6 Å². The predicted molar refractivity (Wildman–Crippen MR) is 70.0 cm³/mol. The summed E-state index contributed by atoms with van der Waals surface area (Å²) < 4.78 is 2.04. The molecule has 0 fully saturated rings. The lowest BCUT2D eigenvalue weighted by Gasteiger charge is -2.04. The second-order valence-electron chi connectivity index (χ2n) is 4.35. The van der Waals surface area contributed by atoms with Crippen LogP contribution >= 0.6 is 0 Å². The molecule has 84 valence electrons. The number of aromatic nitrogens is 2. The van der Waals surface area contributed by atoms with E-state index in [-0.39, 0.29) is 0 Å². The summed E-state index contributed by atoms with van der Waals surface area (Å²) >= 11 is 0. The topological polar surface area (TPSA) is 17.8 Å². The van der Waals surface area contributed by atoms with Crippen molar-refractivity contribution < 1.29 is 0 Å². The van der Waals surface area contributed by atoms with Crippen molar-refractivity contribution in [1.82, 2.24) is 9.78 Å². The maximum Gasteiger partial charge on any atom is 0.0686 e. The van der Waals surface area contributed by atoms with Crippen LogP contribution in [0.1, 0.15) is 11.1 Å². The molecule has 2 aromatic carbocycles. The lowest BCUT2D eigenvalue weighted by molar-refractivity contribution is 0.712. The van der Waals surface area contributed by atoms with Crippen molar-refractivity contribution in [2.75, 3.05) is 0 Å². The summed E-state index contributed by atoms with van der Waals surface area (Å²) in [4.78, 5) is 0. The van der Waals surface area contributed by atoms with Crippen molar-refractivity contribution in [3.05, 3.63) is 65.9 Å². The van der Waals surface area contributed by atoms with Crippen LogP contribution in [0.2, 0.25) is 0 Å². The second-order valence-corrected chi connectivity index (χ2v) is 4.35. The second kappa shape index (κ2) is 4.06. The Morgan fingerprint density at radius 1 is 1.00 bits per heavy atom. The Morgan fingerprint density at radius 2 is 1.76 bits per heavy atom. The smallest absolute Gasteiger partial charge is 0.0686 e. The highest BCUT2D eigenvalue weighted by molar-refractivity contribution is 5.78. The molecule has 0 aliphatic rings. The molecule has 1 heterocycles. The highest BCUT2D eigenvalue weighted by Crippen LogP contribution is 2.14. The van der Waals surface area contributed by atoms with Crippen molar-refractivity contribution >= 4 is 10.9 Å². The molecule has 2 heteroatoms. The molecule has 3 aromatic rings. The molecular weight excluding hydrogens is 208 g/mol.